The van der Waals surface area contributed by atoms with Gasteiger partial charge in [0.25, 0.3) is 0 Å². The Hall–Kier alpha value is -0.300. The summed E-state index contributed by atoms with van der Waals surface area (Å²) < 4.78 is 0. The molecule has 0 atom stereocenters. The minimum absolute atomic E-state index is 0.637. The third-order valence-electron chi connectivity index (χ3n) is 1.77. The lowest BCUT2D eigenvalue weighted by Gasteiger charge is -2.07. The quantitative estimate of drug-likeness (QED) is 0.461. The zero-order valence-electron chi connectivity index (χ0n) is 7.19. The highest BCUT2D eigenvalue weighted by molar-refractivity contribution is 4.96. The van der Waals surface area contributed by atoms with Crippen molar-refractivity contribution in [2.75, 3.05) is 6.54 Å². The maximum Gasteiger partial charge on any atom is -0.00772 e. The van der Waals surface area contributed by atoms with Crippen molar-refractivity contribution in [3.63, 3.8) is 0 Å². The first kappa shape index (κ1) is 9.70. The predicted octanol–water partition coefficient (Wildman–Crippen LogP) is 2.33. The van der Waals surface area contributed by atoms with Crippen molar-refractivity contribution in [1.82, 2.24) is 0 Å². The molecule has 0 saturated carbocycles. The molecule has 0 heterocycles. The Labute approximate surface area is 64.3 Å². The van der Waals surface area contributed by atoms with Gasteiger partial charge in [-0.25, -0.2) is 0 Å². The van der Waals surface area contributed by atoms with Crippen LogP contribution in [0.1, 0.15) is 33.1 Å². The lowest BCUT2D eigenvalue weighted by Crippen LogP contribution is -1.99. The summed E-state index contributed by atoms with van der Waals surface area (Å²) in [6.45, 7) is 9.17. The van der Waals surface area contributed by atoms with E-state index in [1.54, 1.807) is 0 Å². The number of hydrogen-bond acceptors (Lipinski definition) is 1. The summed E-state index contributed by atoms with van der Waals surface area (Å²) in [4.78, 5) is 0. The molecule has 0 unspecified atom stereocenters. The average Bonchev–Trinajstić information content (AvgIpc) is 1.88. The topological polar surface area (TPSA) is 26.0 Å². The number of hydrogen-bond donors (Lipinski definition) is 1. The lowest BCUT2D eigenvalue weighted by molar-refractivity contribution is 0.662. The molecule has 1 nitrogen and oxygen atoms in total. The fourth-order valence-electron chi connectivity index (χ4n) is 0.785. The fourth-order valence-corrected chi connectivity index (χ4v) is 0.785. The molecular formula is C9H19N. The molecule has 1 heteroatoms. The van der Waals surface area contributed by atoms with Crippen LogP contribution in [0.2, 0.25) is 0 Å². The minimum Gasteiger partial charge on any atom is -0.330 e. The van der Waals surface area contributed by atoms with Crippen LogP contribution in [0, 0.1) is 5.92 Å². The van der Waals surface area contributed by atoms with E-state index in [1.807, 2.05) is 0 Å². The van der Waals surface area contributed by atoms with Gasteiger partial charge in [-0.15, -0.1) is 0 Å². The van der Waals surface area contributed by atoms with Gasteiger partial charge in [-0.2, -0.15) is 0 Å². The van der Waals surface area contributed by atoms with E-state index in [-0.39, 0.29) is 0 Å². The molecule has 0 saturated heterocycles. The van der Waals surface area contributed by atoms with Crippen LogP contribution in [0.15, 0.2) is 12.2 Å². The molecule has 0 aromatic carbocycles. The Balaban J connectivity index is 3.22. The highest BCUT2D eigenvalue weighted by Gasteiger charge is 1.98. The predicted molar refractivity (Wildman–Crippen MR) is 46.9 cm³/mol. The van der Waals surface area contributed by atoms with Gasteiger partial charge >= 0.3 is 0 Å². The number of unbranched alkanes of at least 4 members (excludes halogenated alkanes) is 1. The zero-order chi connectivity index (χ0) is 7.98. The molecule has 0 aliphatic heterocycles. The standard InChI is InChI=1S/C9H19N/c1-8(2)9(3)6-4-5-7-10/h8H,3-7,10H2,1-2H3. The molecule has 10 heavy (non-hydrogen) atoms. The Kier molecular flexibility index (Phi) is 5.32. The van der Waals surface area contributed by atoms with Gasteiger partial charge < -0.3 is 5.73 Å². The van der Waals surface area contributed by atoms with Gasteiger partial charge in [0, 0.05) is 0 Å². The summed E-state index contributed by atoms with van der Waals surface area (Å²) in [6.07, 6.45) is 3.48. The summed E-state index contributed by atoms with van der Waals surface area (Å²) in [6, 6.07) is 0. The Morgan fingerprint density at radius 3 is 2.40 bits per heavy atom. The molecule has 0 radical (unpaired) electrons. The van der Waals surface area contributed by atoms with E-state index >= 15 is 0 Å². The molecule has 0 spiro atoms. The molecular weight excluding hydrogens is 122 g/mol. The average molecular weight is 141 g/mol. The lowest BCUT2D eigenvalue weighted by atomic mass is 10.00. The van der Waals surface area contributed by atoms with E-state index in [4.69, 9.17) is 5.73 Å². The van der Waals surface area contributed by atoms with Crippen molar-refractivity contribution in [2.45, 2.75) is 33.1 Å². The molecule has 0 aromatic rings. The second-order valence-electron chi connectivity index (χ2n) is 3.06. The van der Waals surface area contributed by atoms with Gasteiger partial charge in [-0.3, -0.25) is 0 Å². The Morgan fingerprint density at radius 1 is 1.40 bits per heavy atom. The number of rotatable bonds is 5. The summed E-state index contributed by atoms with van der Waals surface area (Å²) >= 11 is 0. The third-order valence-corrected chi connectivity index (χ3v) is 1.77. The molecule has 0 fully saturated rings. The summed E-state index contributed by atoms with van der Waals surface area (Å²) in [5.41, 5.74) is 6.72. The van der Waals surface area contributed by atoms with Crippen LogP contribution in [-0.2, 0) is 0 Å². The van der Waals surface area contributed by atoms with E-state index in [2.05, 4.69) is 20.4 Å². The van der Waals surface area contributed by atoms with Crippen molar-refractivity contribution in [2.24, 2.45) is 11.7 Å². The van der Waals surface area contributed by atoms with E-state index in [0.717, 1.165) is 19.4 Å². The molecule has 2 N–H and O–H groups in total. The first-order chi connectivity index (χ1) is 4.68. The van der Waals surface area contributed by atoms with Crippen molar-refractivity contribution in [3.05, 3.63) is 12.2 Å². The second kappa shape index (κ2) is 5.48. The highest BCUT2D eigenvalue weighted by atomic mass is 14.5. The van der Waals surface area contributed by atoms with Crippen LogP contribution < -0.4 is 5.73 Å². The maximum absolute atomic E-state index is 5.36. The van der Waals surface area contributed by atoms with E-state index < -0.39 is 0 Å². The molecule has 60 valence electrons. The van der Waals surface area contributed by atoms with Gasteiger partial charge in [0.15, 0.2) is 0 Å². The van der Waals surface area contributed by atoms with Crippen LogP contribution in [0.4, 0.5) is 0 Å². The van der Waals surface area contributed by atoms with Gasteiger partial charge in [0.2, 0.25) is 0 Å². The molecule has 0 aliphatic carbocycles. The summed E-state index contributed by atoms with van der Waals surface area (Å²) in [5, 5.41) is 0. The molecule has 0 amide bonds. The number of allylic oxidation sites excluding steroid dienone is 1. The first-order valence-corrected chi connectivity index (χ1v) is 4.06. The smallest absolute Gasteiger partial charge is 0.00772 e. The number of nitrogens with two attached hydrogens (primary N) is 1. The van der Waals surface area contributed by atoms with Crippen LogP contribution in [-0.4, -0.2) is 6.54 Å². The molecule has 0 rings (SSSR count). The van der Waals surface area contributed by atoms with E-state index in [1.165, 1.54) is 12.0 Å². The molecule has 0 aromatic heterocycles. The van der Waals surface area contributed by atoms with Gasteiger partial charge in [0.1, 0.15) is 0 Å². The largest absolute Gasteiger partial charge is 0.330 e. The van der Waals surface area contributed by atoms with Gasteiger partial charge in [0.05, 0.1) is 0 Å². The fraction of sp³-hybridized carbons (Fsp3) is 0.778. The highest BCUT2D eigenvalue weighted by Crippen LogP contribution is 2.13. The van der Waals surface area contributed by atoms with E-state index in [0.29, 0.717) is 5.92 Å². The van der Waals surface area contributed by atoms with Crippen molar-refractivity contribution in [3.8, 4) is 0 Å². The maximum atomic E-state index is 5.36. The van der Waals surface area contributed by atoms with Crippen molar-refractivity contribution < 1.29 is 0 Å². The second-order valence-corrected chi connectivity index (χ2v) is 3.06. The normalized spacial score (nSPS) is 10.4. The molecule has 0 aliphatic rings. The Bertz CT molecular complexity index is 94.9. The Morgan fingerprint density at radius 2 is 2.00 bits per heavy atom. The van der Waals surface area contributed by atoms with Crippen molar-refractivity contribution >= 4 is 0 Å². The molecule has 0 bridgehead atoms. The van der Waals surface area contributed by atoms with Gasteiger partial charge in [-0.05, 0) is 31.7 Å². The van der Waals surface area contributed by atoms with Gasteiger partial charge in [-0.1, -0.05) is 26.0 Å². The SMILES string of the molecule is C=C(CCCCN)C(C)C. The van der Waals surface area contributed by atoms with Crippen molar-refractivity contribution in [1.29, 1.82) is 0 Å². The van der Waals surface area contributed by atoms with Crippen LogP contribution in [0.3, 0.4) is 0 Å². The van der Waals surface area contributed by atoms with E-state index in [9.17, 15) is 0 Å². The van der Waals surface area contributed by atoms with Crippen LogP contribution in [0.5, 0.6) is 0 Å². The minimum atomic E-state index is 0.637. The van der Waals surface area contributed by atoms with Crippen LogP contribution in [0.25, 0.3) is 0 Å². The zero-order valence-corrected chi connectivity index (χ0v) is 7.19. The summed E-state index contributed by atoms with van der Waals surface area (Å²) in [7, 11) is 0. The van der Waals surface area contributed by atoms with Crippen LogP contribution >= 0.6 is 0 Å². The third kappa shape index (κ3) is 4.57. The summed E-state index contributed by atoms with van der Waals surface area (Å²) in [5.74, 6) is 0.637. The first-order valence-electron chi connectivity index (χ1n) is 4.06. The monoisotopic (exact) mass is 141 g/mol.